The van der Waals surface area contributed by atoms with E-state index in [-0.39, 0.29) is 5.41 Å². The maximum Gasteiger partial charge on any atom is 0.222 e. The van der Waals surface area contributed by atoms with E-state index in [2.05, 4.69) is 38.3 Å². The van der Waals surface area contributed by atoms with E-state index in [1.165, 1.54) is 24.1 Å². The molecule has 0 radical (unpaired) electrons. The van der Waals surface area contributed by atoms with Gasteiger partial charge in [0.05, 0.1) is 45.9 Å². The van der Waals surface area contributed by atoms with Gasteiger partial charge in [0.1, 0.15) is 0 Å². The minimum absolute atomic E-state index is 0.0466. The fourth-order valence-corrected chi connectivity index (χ4v) is 6.96. The van der Waals surface area contributed by atoms with Gasteiger partial charge in [-0.25, -0.2) is 4.98 Å². The molecule has 0 bridgehead atoms. The number of rotatable bonds is 6. The molecule has 6 rings (SSSR count). The number of anilines is 1. The second-order valence-electron chi connectivity index (χ2n) is 11.0. The third kappa shape index (κ3) is 5.21. The number of hydrogen-bond donors (Lipinski definition) is 1. The van der Waals surface area contributed by atoms with Crippen molar-refractivity contribution in [2.45, 2.75) is 50.6 Å². The first kappa shape index (κ1) is 26.1. The van der Waals surface area contributed by atoms with Crippen molar-refractivity contribution in [3.63, 3.8) is 0 Å². The minimum atomic E-state index is 0.0466. The lowest BCUT2D eigenvalue weighted by Crippen LogP contribution is -2.54. The summed E-state index contributed by atoms with van der Waals surface area (Å²) in [6, 6.07) is 16.8. The molecule has 5 heterocycles. The smallest absolute Gasteiger partial charge is 0.222 e. The normalized spacial score (nSPS) is 20.5. The number of aromatic nitrogens is 2. The number of ether oxygens (including phenoxy) is 1. The van der Waals surface area contributed by atoms with Gasteiger partial charge in [0.15, 0.2) is 0 Å². The second kappa shape index (κ2) is 11.1. The van der Waals surface area contributed by atoms with Gasteiger partial charge in [0.25, 0.3) is 0 Å². The van der Waals surface area contributed by atoms with Gasteiger partial charge in [0.2, 0.25) is 5.88 Å². The number of hydrogen-bond acceptors (Lipinski definition) is 7. The van der Waals surface area contributed by atoms with Crippen LogP contribution in [0.5, 0.6) is 5.88 Å². The van der Waals surface area contributed by atoms with E-state index in [4.69, 9.17) is 21.3 Å². The van der Waals surface area contributed by atoms with Crippen LogP contribution < -0.4 is 15.0 Å². The first-order chi connectivity index (χ1) is 19.1. The zero-order valence-electron chi connectivity index (χ0n) is 22.5. The molecule has 1 spiro atoms. The first-order valence-electron chi connectivity index (χ1n) is 14.1. The molecule has 2 aromatic heterocycles. The van der Waals surface area contributed by atoms with Crippen LogP contribution in [0.4, 0.5) is 5.69 Å². The Balaban J connectivity index is 1.31. The van der Waals surface area contributed by atoms with Gasteiger partial charge in [-0.3, -0.25) is 9.88 Å². The zero-order chi connectivity index (χ0) is 26.8. The molecule has 0 saturated carbocycles. The number of benzene rings is 1. The van der Waals surface area contributed by atoms with Crippen LogP contribution in [0.1, 0.15) is 49.4 Å². The van der Waals surface area contributed by atoms with Crippen molar-refractivity contribution in [3.05, 3.63) is 70.5 Å². The highest BCUT2D eigenvalue weighted by Crippen LogP contribution is 2.44. The van der Waals surface area contributed by atoms with Crippen LogP contribution in [-0.4, -0.2) is 60.2 Å². The van der Waals surface area contributed by atoms with Crippen LogP contribution >= 0.6 is 11.6 Å². The van der Waals surface area contributed by atoms with Crippen molar-refractivity contribution in [1.29, 1.82) is 5.26 Å². The predicted molar refractivity (Wildman–Crippen MR) is 154 cm³/mol. The van der Waals surface area contributed by atoms with E-state index < -0.39 is 0 Å². The van der Waals surface area contributed by atoms with Crippen LogP contribution in [-0.2, 0) is 12.0 Å². The van der Waals surface area contributed by atoms with Crippen LogP contribution in [0, 0.1) is 11.3 Å². The second-order valence-corrected chi connectivity index (χ2v) is 11.4. The maximum atomic E-state index is 9.24. The van der Waals surface area contributed by atoms with E-state index in [0.717, 1.165) is 69.1 Å². The summed E-state index contributed by atoms with van der Waals surface area (Å²) in [6.45, 7) is 8.46. The average molecular weight is 543 g/mol. The Morgan fingerprint density at radius 1 is 1.21 bits per heavy atom. The molecule has 3 aromatic rings. The fraction of sp³-hybridized carbons (Fsp3) is 0.452. The molecule has 3 aliphatic rings. The number of halogens is 1. The van der Waals surface area contributed by atoms with Crippen LogP contribution in [0.2, 0.25) is 5.02 Å². The Hall–Kier alpha value is -3.18. The quantitative estimate of drug-likeness (QED) is 0.460. The lowest BCUT2D eigenvalue weighted by molar-refractivity contribution is 0.140. The van der Waals surface area contributed by atoms with Gasteiger partial charge in [0, 0.05) is 50.4 Å². The summed E-state index contributed by atoms with van der Waals surface area (Å²) in [7, 11) is 0. The van der Waals surface area contributed by atoms with Gasteiger partial charge in [-0.05, 0) is 81.1 Å². The van der Waals surface area contributed by atoms with E-state index in [1.807, 2.05) is 31.2 Å². The molecule has 0 unspecified atom stereocenters. The summed E-state index contributed by atoms with van der Waals surface area (Å²) in [6.07, 6.45) is 6.32. The van der Waals surface area contributed by atoms with Crippen LogP contribution in [0.15, 0.2) is 48.7 Å². The highest BCUT2D eigenvalue weighted by molar-refractivity contribution is 6.33. The topological polar surface area (TPSA) is 77.3 Å². The monoisotopic (exact) mass is 542 g/mol. The summed E-state index contributed by atoms with van der Waals surface area (Å²) in [5, 5.41) is 13.6. The zero-order valence-corrected chi connectivity index (χ0v) is 23.3. The standard InChI is InChI=1S/C31H35ClN6O/c1-2-39-30-24(6-4-14-35-30)27-9-8-25-28(36-27)20-37(19-23-5-3-13-34-23)21-31(25)11-15-38(16-12-31)29-10-7-22(18-33)17-26(29)32/h4,6-10,14,17,23,34H,2-3,5,11-13,15-16,19-21H2,1H3/t23-/m1/s1. The molecule has 2 saturated heterocycles. The molecule has 7 nitrogen and oxygen atoms in total. The van der Waals surface area contributed by atoms with Gasteiger partial charge >= 0.3 is 0 Å². The molecule has 39 heavy (non-hydrogen) atoms. The molecule has 3 aliphatic heterocycles. The number of pyridine rings is 2. The first-order valence-corrected chi connectivity index (χ1v) is 14.5. The number of fused-ring (bicyclic) bond motifs is 2. The summed E-state index contributed by atoms with van der Waals surface area (Å²) < 4.78 is 5.83. The molecular weight excluding hydrogens is 508 g/mol. The molecule has 1 atom stereocenters. The molecule has 0 aliphatic carbocycles. The summed E-state index contributed by atoms with van der Waals surface area (Å²) in [5.41, 5.74) is 6.08. The highest BCUT2D eigenvalue weighted by Gasteiger charge is 2.43. The summed E-state index contributed by atoms with van der Waals surface area (Å²) >= 11 is 6.60. The number of nitriles is 1. The van der Waals surface area contributed by atoms with Gasteiger partial charge in [-0.1, -0.05) is 17.7 Å². The molecule has 202 valence electrons. The van der Waals surface area contributed by atoms with Gasteiger partial charge < -0.3 is 15.0 Å². The maximum absolute atomic E-state index is 9.24. The SMILES string of the molecule is CCOc1ncccc1-c1ccc2c(n1)CN(C[C@H]1CCCN1)CC21CCN(c2ccc(C#N)cc2Cl)CC1. The van der Waals surface area contributed by atoms with E-state index in [9.17, 15) is 5.26 Å². The highest BCUT2D eigenvalue weighted by atomic mass is 35.5. The molecule has 1 aromatic carbocycles. The van der Waals surface area contributed by atoms with Crippen molar-refractivity contribution in [1.82, 2.24) is 20.2 Å². The molecule has 0 amide bonds. The Kier molecular flexibility index (Phi) is 7.44. The van der Waals surface area contributed by atoms with Crippen molar-refractivity contribution in [2.24, 2.45) is 0 Å². The number of piperidine rings is 1. The molecular formula is C31H35ClN6O. The van der Waals surface area contributed by atoms with E-state index in [1.54, 1.807) is 12.3 Å². The van der Waals surface area contributed by atoms with E-state index in [0.29, 0.717) is 29.1 Å². The lowest BCUT2D eigenvalue weighted by atomic mass is 9.69. The third-order valence-electron chi connectivity index (χ3n) is 8.55. The molecule has 2 fully saturated rings. The summed E-state index contributed by atoms with van der Waals surface area (Å²) in [4.78, 5) is 14.7. The van der Waals surface area contributed by atoms with Crippen molar-refractivity contribution < 1.29 is 4.74 Å². The largest absolute Gasteiger partial charge is 0.477 e. The van der Waals surface area contributed by atoms with Crippen molar-refractivity contribution in [3.8, 4) is 23.2 Å². The minimum Gasteiger partial charge on any atom is -0.477 e. The summed E-state index contributed by atoms with van der Waals surface area (Å²) in [5.74, 6) is 0.637. The Bertz CT molecular complexity index is 1370. The van der Waals surface area contributed by atoms with Gasteiger partial charge in [-0.2, -0.15) is 5.26 Å². The fourth-order valence-electron chi connectivity index (χ4n) is 6.66. The van der Waals surface area contributed by atoms with Crippen LogP contribution in [0.25, 0.3) is 11.3 Å². The van der Waals surface area contributed by atoms with Crippen LogP contribution in [0.3, 0.4) is 0 Å². The van der Waals surface area contributed by atoms with Crippen molar-refractivity contribution >= 4 is 17.3 Å². The Morgan fingerprint density at radius 2 is 2.08 bits per heavy atom. The Morgan fingerprint density at radius 3 is 2.82 bits per heavy atom. The Labute approximate surface area is 235 Å². The molecule has 1 N–H and O–H groups in total. The number of nitrogens with one attached hydrogen (secondary N) is 1. The van der Waals surface area contributed by atoms with E-state index >= 15 is 0 Å². The average Bonchev–Trinajstić information content (AvgIpc) is 3.47. The van der Waals surface area contributed by atoms with Gasteiger partial charge in [-0.15, -0.1) is 0 Å². The number of nitrogens with zero attached hydrogens (tertiary/aromatic N) is 5. The lowest BCUT2D eigenvalue weighted by Gasteiger charge is -2.49. The predicted octanol–water partition coefficient (Wildman–Crippen LogP) is 5.17. The molecule has 8 heteroatoms. The third-order valence-corrected chi connectivity index (χ3v) is 8.86. The van der Waals surface area contributed by atoms with Crippen molar-refractivity contribution in [2.75, 3.05) is 44.2 Å².